The maximum Gasteiger partial charge on any atom is 0.366 e. The molecule has 0 atom stereocenters. The van der Waals surface area contributed by atoms with Crippen LogP contribution >= 0.6 is 0 Å². The molecule has 0 radical (unpaired) electrons. The minimum absolute atomic E-state index is 0.207. The summed E-state index contributed by atoms with van der Waals surface area (Å²) < 4.78 is 26.6. The van der Waals surface area contributed by atoms with Crippen LogP contribution in [0.3, 0.4) is 0 Å². The molecule has 0 saturated heterocycles. The van der Waals surface area contributed by atoms with Gasteiger partial charge in [-0.05, 0) is 12.1 Å². The van der Waals surface area contributed by atoms with Crippen LogP contribution in [0.5, 0.6) is 0 Å². The van der Waals surface area contributed by atoms with Crippen molar-refractivity contribution < 1.29 is 18.7 Å². The van der Waals surface area contributed by atoms with Gasteiger partial charge in [-0.2, -0.15) is 8.78 Å². The van der Waals surface area contributed by atoms with E-state index in [1.54, 1.807) is 0 Å². The Labute approximate surface area is 84.9 Å². The van der Waals surface area contributed by atoms with Gasteiger partial charge in [0.2, 0.25) is 0 Å². The summed E-state index contributed by atoms with van der Waals surface area (Å²) in [4.78, 5) is 14.4. The molecule has 0 aromatic carbocycles. The van der Waals surface area contributed by atoms with E-state index in [4.69, 9.17) is 5.11 Å². The number of nitrogens with one attached hydrogen (secondary N) is 1. The van der Waals surface area contributed by atoms with Gasteiger partial charge in [-0.15, -0.1) is 0 Å². The number of aliphatic hydroxyl groups is 1. The van der Waals surface area contributed by atoms with E-state index in [-0.39, 0.29) is 13.2 Å². The highest BCUT2D eigenvalue weighted by Gasteiger charge is 2.41. The average Bonchev–Trinajstić information content (AvgIpc) is 2.27. The summed E-state index contributed by atoms with van der Waals surface area (Å²) in [5.41, 5.74) is -0.611. The molecule has 0 fully saturated rings. The molecule has 6 heteroatoms. The summed E-state index contributed by atoms with van der Waals surface area (Å²) in [6.45, 7) is -0.592. The molecule has 0 bridgehead atoms. The molecular formula is C9H10F2N2O2. The molecule has 1 heterocycles. The van der Waals surface area contributed by atoms with Gasteiger partial charge < -0.3 is 10.4 Å². The molecule has 1 aromatic heterocycles. The van der Waals surface area contributed by atoms with Crippen molar-refractivity contribution in [1.29, 1.82) is 0 Å². The van der Waals surface area contributed by atoms with E-state index in [1.165, 1.54) is 18.3 Å². The van der Waals surface area contributed by atoms with Crippen molar-refractivity contribution in [3.63, 3.8) is 0 Å². The number of carbonyl (C=O) groups excluding carboxylic acids is 1. The highest BCUT2D eigenvalue weighted by Crippen LogP contribution is 2.25. The second-order valence-corrected chi connectivity index (χ2v) is 2.77. The zero-order valence-electron chi connectivity index (χ0n) is 7.78. The Bertz CT molecular complexity index is 330. The third kappa shape index (κ3) is 2.69. The predicted molar refractivity (Wildman–Crippen MR) is 48.2 cm³/mol. The summed E-state index contributed by atoms with van der Waals surface area (Å²) in [6.07, 6.45) is 1.18. The summed E-state index contributed by atoms with van der Waals surface area (Å²) >= 11 is 0. The van der Waals surface area contributed by atoms with Gasteiger partial charge in [0.15, 0.2) is 0 Å². The second kappa shape index (κ2) is 4.79. The molecule has 1 aromatic rings. The van der Waals surface area contributed by atoms with E-state index < -0.39 is 17.5 Å². The third-order valence-electron chi connectivity index (χ3n) is 1.67. The molecule has 0 aliphatic rings. The van der Waals surface area contributed by atoms with Gasteiger partial charge in [0.1, 0.15) is 5.69 Å². The molecule has 0 aliphatic carbocycles. The van der Waals surface area contributed by atoms with Crippen LogP contribution in [0, 0.1) is 0 Å². The van der Waals surface area contributed by atoms with Crippen LogP contribution in [0.1, 0.15) is 5.69 Å². The largest absolute Gasteiger partial charge is 0.395 e. The van der Waals surface area contributed by atoms with E-state index in [0.717, 1.165) is 6.07 Å². The first-order chi connectivity index (χ1) is 7.09. The Kier molecular flexibility index (Phi) is 3.68. The van der Waals surface area contributed by atoms with Gasteiger partial charge in [-0.25, -0.2) is 0 Å². The number of amides is 1. The van der Waals surface area contributed by atoms with Gasteiger partial charge in [-0.3, -0.25) is 9.78 Å². The SMILES string of the molecule is O=C(NCCO)C(F)(F)c1ccccn1. The molecule has 82 valence electrons. The van der Waals surface area contributed by atoms with Crippen LogP contribution in [0.2, 0.25) is 0 Å². The first-order valence-electron chi connectivity index (χ1n) is 4.27. The second-order valence-electron chi connectivity index (χ2n) is 2.77. The molecular weight excluding hydrogens is 206 g/mol. The Balaban J connectivity index is 2.78. The van der Waals surface area contributed by atoms with Crippen molar-refractivity contribution >= 4 is 5.91 Å². The molecule has 2 N–H and O–H groups in total. The van der Waals surface area contributed by atoms with Crippen LogP contribution in [0.25, 0.3) is 0 Å². The molecule has 0 unspecified atom stereocenters. The predicted octanol–water partition coefficient (Wildman–Crippen LogP) is 0.282. The minimum Gasteiger partial charge on any atom is -0.395 e. The highest BCUT2D eigenvalue weighted by atomic mass is 19.3. The van der Waals surface area contributed by atoms with Crippen molar-refractivity contribution in [3.05, 3.63) is 30.1 Å². The monoisotopic (exact) mass is 216 g/mol. The lowest BCUT2D eigenvalue weighted by molar-refractivity contribution is -0.147. The quantitative estimate of drug-likeness (QED) is 0.760. The Hall–Kier alpha value is -1.56. The van der Waals surface area contributed by atoms with Gasteiger partial charge in [-0.1, -0.05) is 6.07 Å². The minimum atomic E-state index is -3.67. The van der Waals surface area contributed by atoms with Gasteiger partial charge >= 0.3 is 5.92 Å². The highest BCUT2D eigenvalue weighted by molar-refractivity contribution is 5.84. The summed E-state index contributed by atoms with van der Waals surface area (Å²) in [7, 11) is 0. The van der Waals surface area contributed by atoms with Crippen LogP contribution < -0.4 is 5.32 Å². The number of aromatic nitrogens is 1. The number of aliphatic hydroxyl groups excluding tert-OH is 1. The Morgan fingerprint density at radius 1 is 1.53 bits per heavy atom. The Morgan fingerprint density at radius 3 is 2.80 bits per heavy atom. The molecule has 15 heavy (non-hydrogen) atoms. The Morgan fingerprint density at radius 2 is 2.27 bits per heavy atom. The molecule has 1 amide bonds. The third-order valence-corrected chi connectivity index (χ3v) is 1.67. The number of halogens is 2. The van der Waals surface area contributed by atoms with Gasteiger partial charge in [0, 0.05) is 12.7 Å². The zero-order valence-corrected chi connectivity index (χ0v) is 7.78. The number of pyridine rings is 1. The van der Waals surface area contributed by atoms with Crippen LogP contribution in [-0.2, 0) is 10.7 Å². The van der Waals surface area contributed by atoms with E-state index in [0.29, 0.717) is 0 Å². The lowest BCUT2D eigenvalue weighted by Crippen LogP contribution is -2.39. The van der Waals surface area contributed by atoms with E-state index in [1.807, 2.05) is 5.32 Å². The number of rotatable bonds is 4. The number of alkyl halides is 2. The molecule has 4 nitrogen and oxygen atoms in total. The van der Waals surface area contributed by atoms with Crippen LogP contribution in [-0.4, -0.2) is 29.1 Å². The van der Waals surface area contributed by atoms with Crippen molar-refractivity contribution in [3.8, 4) is 0 Å². The van der Waals surface area contributed by atoms with Gasteiger partial charge in [0.25, 0.3) is 5.91 Å². The van der Waals surface area contributed by atoms with Crippen LogP contribution in [0.4, 0.5) is 8.78 Å². The zero-order chi connectivity index (χ0) is 11.3. The smallest absolute Gasteiger partial charge is 0.366 e. The van der Waals surface area contributed by atoms with Crippen LogP contribution in [0.15, 0.2) is 24.4 Å². The normalized spacial score (nSPS) is 11.1. The van der Waals surface area contributed by atoms with E-state index in [9.17, 15) is 13.6 Å². The average molecular weight is 216 g/mol. The fourth-order valence-corrected chi connectivity index (χ4v) is 0.945. The van der Waals surface area contributed by atoms with E-state index in [2.05, 4.69) is 4.98 Å². The van der Waals surface area contributed by atoms with Crippen molar-refractivity contribution in [2.75, 3.05) is 13.2 Å². The van der Waals surface area contributed by atoms with Crippen molar-refractivity contribution in [2.45, 2.75) is 5.92 Å². The fourth-order valence-electron chi connectivity index (χ4n) is 0.945. The molecule has 0 spiro atoms. The first kappa shape index (κ1) is 11.5. The number of hydrogen-bond donors (Lipinski definition) is 2. The summed E-state index contributed by atoms with van der Waals surface area (Å²) in [5, 5.41) is 10.3. The van der Waals surface area contributed by atoms with Crippen molar-refractivity contribution in [1.82, 2.24) is 10.3 Å². The number of nitrogens with zero attached hydrogens (tertiary/aromatic N) is 1. The standard InChI is InChI=1S/C9H10F2N2O2/c10-9(11,8(15)13-5-6-14)7-3-1-2-4-12-7/h1-4,14H,5-6H2,(H,13,15). The maximum atomic E-state index is 13.3. The lowest BCUT2D eigenvalue weighted by atomic mass is 10.2. The first-order valence-corrected chi connectivity index (χ1v) is 4.27. The maximum absolute atomic E-state index is 13.3. The summed E-state index contributed by atoms with van der Waals surface area (Å²) in [5.74, 6) is -5.13. The number of carbonyl (C=O) groups is 1. The molecule has 0 aliphatic heterocycles. The van der Waals surface area contributed by atoms with E-state index >= 15 is 0 Å². The number of hydrogen-bond acceptors (Lipinski definition) is 3. The van der Waals surface area contributed by atoms with Crippen molar-refractivity contribution in [2.24, 2.45) is 0 Å². The van der Waals surface area contributed by atoms with Gasteiger partial charge in [0.05, 0.1) is 6.61 Å². The lowest BCUT2D eigenvalue weighted by Gasteiger charge is -2.14. The topological polar surface area (TPSA) is 62.2 Å². The fraction of sp³-hybridized carbons (Fsp3) is 0.333. The summed E-state index contributed by atoms with van der Waals surface area (Å²) in [6, 6.07) is 3.92. The molecule has 1 rings (SSSR count). The molecule has 0 saturated carbocycles.